The number of aryl methyl sites for hydroxylation is 3. The van der Waals surface area contributed by atoms with Crippen molar-refractivity contribution in [3.8, 4) is 0 Å². The van der Waals surface area contributed by atoms with Gasteiger partial charge in [0.05, 0.1) is 17.3 Å². The van der Waals surface area contributed by atoms with Crippen molar-refractivity contribution in [2.24, 2.45) is 7.05 Å². The van der Waals surface area contributed by atoms with Gasteiger partial charge in [0.15, 0.2) is 0 Å². The molecule has 1 unspecified atom stereocenters. The number of para-hydroxylation sites is 1. The molecule has 3 heterocycles. The number of nitrogens with zero attached hydrogens (tertiary/aromatic N) is 4. The highest BCUT2D eigenvalue weighted by Gasteiger charge is 2.29. The molecule has 1 atom stereocenters. The van der Waals surface area contributed by atoms with E-state index in [9.17, 15) is 14.3 Å². The van der Waals surface area contributed by atoms with Crippen molar-refractivity contribution in [3.05, 3.63) is 89.1 Å². The third kappa shape index (κ3) is 4.25. The van der Waals surface area contributed by atoms with Crippen LogP contribution in [0.4, 0.5) is 10.3 Å². The van der Waals surface area contributed by atoms with Gasteiger partial charge in [0.2, 0.25) is 5.95 Å². The van der Waals surface area contributed by atoms with Crippen LogP contribution in [0.5, 0.6) is 0 Å². The number of benzene rings is 2. The Morgan fingerprint density at radius 2 is 2.03 bits per heavy atom. The minimum absolute atomic E-state index is 0.0186. The minimum Gasteiger partial charge on any atom is -0.478 e. The van der Waals surface area contributed by atoms with Crippen LogP contribution < -0.4 is 4.90 Å². The molecule has 0 aliphatic carbocycles. The quantitative estimate of drug-likeness (QED) is 0.406. The van der Waals surface area contributed by atoms with Gasteiger partial charge in [-0.05, 0) is 61.4 Å². The molecule has 0 radical (unpaired) electrons. The summed E-state index contributed by atoms with van der Waals surface area (Å²) in [7, 11) is 2.04. The van der Waals surface area contributed by atoms with E-state index in [1.54, 1.807) is 12.1 Å². The zero-order valence-corrected chi connectivity index (χ0v) is 19.1. The Morgan fingerprint density at radius 3 is 2.85 bits per heavy atom. The average Bonchev–Trinajstić information content (AvgIpc) is 3.44. The molecule has 1 saturated heterocycles. The molecule has 2 aromatic carbocycles. The zero-order valence-electron chi connectivity index (χ0n) is 19.1. The largest absolute Gasteiger partial charge is 0.478 e. The normalized spacial score (nSPS) is 15.8. The molecule has 0 amide bonds. The van der Waals surface area contributed by atoms with E-state index in [0.29, 0.717) is 18.1 Å². The van der Waals surface area contributed by atoms with Crippen molar-refractivity contribution < 1.29 is 14.3 Å². The summed E-state index contributed by atoms with van der Waals surface area (Å²) in [6.45, 7) is 0.753. The van der Waals surface area contributed by atoms with Gasteiger partial charge in [-0.15, -0.1) is 0 Å². The number of hydrogen-bond donors (Lipinski definition) is 1. The Morgan fingerprint density at radius 1 is 1.18 bits per heavy atom. The summed E-state index contributed by atoms with van der Waals surface area (Å²) in [4.78, 5) is 23.0. The van der Waals surface area contributed by atoms with Gasteiger partial charge >= 0.3 is 5.97 Å². The summed E-state index contributed by atoms with van der Waals surface area (Å²) >= 11 is 0. The molecule has 2 aromatic heterocycles. The molecular weight excluding hydrogens is 431 g/mol. The highest BCUT2D eigenvalue weighted by atomic mass is 19.1. The first-order chi connectivity index (χ1) is 16.5. The maximum Gasteiger partial charge on any atom is 0.339 e. The summed E-state index contributed by atoms with van der Waals surface area (Å²) in [5, 5.41) is 10.9. The van der Waals surface area contributed by atoms with Gasteiger partial charge in [0, 0.05) is 36.9 Å². The number of carbonyl (C=O) groups is 1. The fourth-order valence-corrected chi connectivity index (χ4v) is 5.05. The second kappa shape index (κ2) is 9.25. The zero-order chi connectivity index (χ0) is 23.7. The molecule has 0 spiro atoms. The standard InChI is InChI=1S/C27H27FN4O2/c1-31-17-19(21-10-2-3-12-25(21)31)8-5-11-23-22(26(33)34)16-29-27(30-23)32-14-6-13-24(32)18-7-4-9-20(28)15-18/h2-4,7,9-10,12,15-17,24H,5-6,8,11,13-14H2,1H3,(H,33,34). The van der Waals surface area contributed by atoms with Gasteiger partial charge < -0.3 is 14.6 Å². The van der Waals surface area contributed by atoms with E-state index in [2.05, 4.69) is 32.8 Å². The Kier molecular flexibility index (Phi) is 6.01. The average molecular weight is 459 g/mol. The third-order valence-electron chi connectivity index (χ3n) is 6.67. The van der Waals surface area contributed by atoms with Crippen LogP contribution >= 0.6 is 0 Å². The van der Waals surface area contributed by atoms with Gasteiger partial charge in [0.25, 0.3) is 0 Å². The summed E-state index contributed by atoms with van der Waals surface area (Å²) in [6, 6.07) is 14.9. The molecule has 6 nitrogen and oxygen atoms in total. The third-order valence-corrected chi connectivity index (χ3v) is 6.67. The molecule has 174 valence electrons. The van der Waals surface area contributed by atoms with E-state index in [-0.39, 0.29) is 17.4 Å². The molecule has 1 aliphatic heterocycles. The predicted octanol–water partition coefficient (Wildman–Crippen LogP) is 5.32. The lowest BCUT2D eigenvalue weighted by Crippen LogP contribution is -2.25. The van der Waals surface area contributed by atoms with Gasteiger partial charge in [-0.1, -0.05) is 30.3 Å². The predicted molar refractivity (Wildman–Crippen MR) is 130 cm³/mol. The van der Waals surface area contributed by atoms with Crippen LogP contribution in [-0.4, -0.2) is 32.2 Å². The number of aromatic carboxylic acids is 1. The van der Waals surface area contributed by atoms with Gasteiger partial charge in [0.1, 0.15) is 5.82 Å². The fraction of sp³-hybridized carbons (Fsp3) is 0.296. The lowest BCUT2D eigenvalue weighted by Gasteiger charge is -2.25. The molecule has 1 aliphatic rings. The highest BCUT2D eigenvalue weighted by molar-refractivity contribution is 5.88. The van der Waals surface area contributed by atoms with Crippen LogP contribution in [0.1, 0.15) is 52.5 Å². The van der Waals surface area contributed by atoms with E-state index in [0.717, 1.165) is 37.8 Å². The number of fused-ring (bicyclic) bond motifs is 1. The molecule has 5 rings (SSSR count). The first kappa shape index (κ1) is 22.1. The maximum absolute atomic E-state index is 13.8. The Balaban J connectivity index is 1.38. The molecule has 0 saturated carbocycles. The van der Waals surface area contributed by atoms with Crippen LogP contribution in [0.15, 0.2) is 60.9 Å². The van der Waals surface area contributed by atoms with Gasteiger partial charge in [-0.25, -0.2) is 19.2 Å². The maximum atomic E-state index is 13.8. The molecule has 34 heavy (non-hydrogen) atoms. The van der Waals surface area contributed by atoms with E-state index in [1.807, 2.05) is 25.2 Å². The number of carboxylic acids is 1. The molecule has 4 aromatic rings. The van der Waals surface area contributed by atoms with Gasteiger partial charge in [-0.3, -0.25) is 0 Å². The number of rotatable bonds is 7. The summed E-state index contributed by atoms with van der Waals surface area (Å²) in [5.41, 5.74) is 4.01. The number of hydrogen-bond acceptors (Lipinski definition) is 4. The number of anilines is 1. The SMILES string of the molecule is Cn1cc(CCCc2nc(N3CCCC3c3cccc(F)c3)ncc2C(=O)O)c2ccccc21. The Labute approximate surface area is 197 Å². The van der Waals surface area contributed by atoms with Crippen LogP contribution in [0, 0.1) is 5.82 Å². The van der Waals surface area contributed by atoms with E-state index in [1.165, 1.54) is 28.7 Å². The van der Waals surface area contributed by atoms with Crippen molar-refractivity contribution >= 4 is 22.8 Å². The molecule has 1 N–H and O–H groups in total. The van der Waals surface area contributed by atoms with E-state index >= 15 is 0 Å². The fourth-order valence-electron chi connectivity index (χ4n) is 5.05. The van der Waals surface area contributed by atoms with Crippen molar-refractivity contribution in [2.45, 2.75) is 38.1 Å². The second-order valence-electron chi connectivity index (χ2n) is 8.88. The van der Waals surface area contributed by atoms with Crippen LogP contribution in [0.25, 0.3) is 10.9 Å². The second-order valence-corrected chi connectivity index (χ2v) is 8.88. The highest BCUT2D eigenvalue weighted by Crippen LogP contribution is 2.35. The van der Waals surface area contributed by atoms with Crippen molar-refractivity contribution in [2.75, 3.05) is 11.4 Å². The van der Waals surface area contributed by atoms with Crippen molar-refractivity contribution in [3.63, 3.8) is 0 Å². The van der Waals surface area contributed by atoms with E-state index < -0.39 is 5.97 Å². The number of aromatic nitrogens is 3. The number of halogens is 1. The lowest BCUT2D eigenvalue weighted by atomic mass is 10.0. The summed E-state index contributed by atoms with van der Waals surface area (Å²) in [5.74, 6) is -0.771. The summed E-state index contributed by atoms with van der Waals surface area (Å²) in [6.07, 6.45) is 7.53. The smallest absolute Gasteiger partial charge is 0.339 e. The minimum atomic E-state index is -1.02. The Bertz CT molecular complexity index is 1350. The van der Waals surface area contributed by atoms with Crippen LogP contribution in [-0.2, 0) is 19.9 Å². The van der Waals surface area contributed by atoms with E-state index in [4.69, 9.17) is 4.98 Å². The molecule has 1 fully saturated rings. The molecule has 0 bridgehead atoms. The molecule has 7 heteroatoms. The topological polar surface area (TPSA) is 71.2 Å². The number of carboxylic acid groups (broad SMARTS) is 1. The Hall–Kier alpha value is -3.74. The van der Waals surface area contributed by atoms with Crippen molar-refractivity contribution in [1.82, 2.24) is 14.5 Å². The lowest BCUT2D eigenvalue weighted by molar-refractivity contribution is 0.0694. The van der Waals surface area contributed by atoms with Crippen LogP contribution in [0.3, 0.4) is 0 Å². The van der Waals surface area contributed by atoms with Crippen molar-refractivity contribution in [1.29, 1.82) is 0 Å². The monoisotopic (exact) mass is 458 g/mol. The molecular formula is C27H27FN4O2. The van der Waals surface area contributed by atoms with Crippen LogP contribution in [0.2, 0.25) is 0 Å². The first-order valence-corrected chi connectivity index (χ1v) is 11.7. The van der Waals surface area contributed by atoms with Gasteiger partial charge in [-0.2, -0.15) is 0 Å². The first-order valence-electron chi connectivity index (χ1n) is 11.7. The summed E-state index contributed by atoms with van der Waals surface area (Å²) < 4.78 is 15.9.